The predicted molar refractivity (Wildman–Crippen MR) is 104 cm³/mol. The van der Waals surface area contributed by atoms with Gasteiger partial charge in [0.2, 0.25) is 0 Å². The molecule has 4 rings (SSSR count). The van der Waals surface area contributed by atoms with E-state index < -0.39 is 6.04 Å². The Morgan fingerprint density at radius 1 is 0.923 bits per heavy atom. The summed E-state index contributed by atoms with van der Waals surface area (Å²) >= 11 is 0. The fourth-order valence-corrected chi connectivity index (χ4v) is 3.30. The van der Waals surface area contributed by atoms with Crippen molar-refractivity contribution in [3.05, 3.63) is 84.1 Å². The number of hydrogen-bond donors (Lipinski definition) is 2. The smallest absolute Gasteiger partial charge is 0.323 e. The molecule has 0 radical (unpaired) electrons. The van der Waals surface area contributed by atoms with Crippen LogP contribution in [0.2, 0.25) is 0 Å². The van der Waals surface area contributed by atoms with E-state index in [2.05, 4.69) is 4.98 Å². The first-order chi connectivity index (χ1) is 12.7. The van der Waals surface area contributed by atoms with Crippen molar-refractivity contribution in [2.75, 3.05) is 0 Å². The highest BCUT2D eigenvalue weighted by molar-refractivity contribution is 5.86. The Morgan fingerprint density at radius 2 is 1.65 bits per heavy atom. The van der Waals surface area contributed by atoms with Crippen LogP contribution in [0, 0.1) is 0 Å². The molecule has 1 aromatic heterocycles. The van der Waals surface area contributed by atoms with Crippen molar-refractivity contribution in [2.24, 2.45) is 5.73 Å². The van der Waals surface area contributed by atoms with Crippen molar-refractivity contribution in [3.63, 3.8) is 0 Å². The van der Waals surface area contributed by atoms with Crippen molar-refractivity contribution in [3.8, 4) is 0 Å². The highest BCUT2D eigenvalue weighted by atomic mass is 16.5. The van der Waals surface area contributed by atoms with E-state index in [4.69, 9.17) is 10.5 Å². The third-order valence-corrected chi connectivity index (χ3v) is 4.67. The van der Waals surface area contributed by atoms with Gasteiger partial charge >= 0.3 is 5.97 Å². The Labute approximate surface area is 151 Å². The van der Waals surface area contributed by atoms with E-state index in [0.29, 0.717) is 6.42 Å². The fourth-order valence-electron chi connectivity index (χ4n) is 3.30. The monoisotopic (exact) mass is 344 g/mol. The van der Waals surface area contributed by atoms with Crippen molar-refractivity contribution >= 4 is 27.6 Å². The average Bonchev–Trinajstić information content (AvgIpc) is 3.09. The maximum atomic E-state index is 12.4. The number of hydrogen-bond acceptors (Lipinski definition) is 3. The molecule has 4 nitrogen and oxygen atoms in total. The zero-order valence-corrected chi connectivity index (χ0v) is 14.3. The number of fused-ring (bicyclic) bond motifs is 2. The molecule has 0 spiro atoms. The number of aromatic nitrogens is 1. The second-order valence-electron chi connectivity index (χ2n) is 6.42. The maximum Gasteiger partial charge on any atom is 0.323 e. The average molecular weight is 344 g/mol. The molecular weight excluding hydrogens is 324 g/mol. The number of esters is 1. The van der Waals surface area contributed by atoms with Crippen LogP contribution in [-0.2, 0) is 22.6 Å². The number of aromatic amines is 1. The van der Waals surface area contributed by atoms with Gasteiger partial charge in [0, 0.05) is 23.5 Å². The van der Waals surface area contributed by atoms with Crippen LogP contribution in [-0.4, -0.2) is 17.0 Å². The number of nitrogens with one attached hydrogen (secondary N) is 1. The van der Waals surface area contributed by atoms with E-state index in [1.807, 2.05) is 72.9 Å². The first-order valence-corrected chi connectivity index (χ1v) is 8.66. The minimum absolute atomic E-state index is 0.224. The van der Waals surface area contributed by atoms with E-state index in [0.717, 1.165) is 32.8 Å². The number of carbonyl (C=O) groups is 1. The lowest BCUT2D eigenvalue weighted by Crippen LogP contribution is -2.34. The Hall–Kier alpha value is -3.11. The molecular formula is C22H20N2O2. The molecule has 4 heteroatoms. The second-order valence-corrected chi connectivity index (χ2v) is 6.42. The van der Waals surface area contributed by atoms with Crippen LogP contribution < -0.4 is 5.73 Å². The van der Waals surface area contributed by atoms with Gasteiger partial charge < -0.3 is 15.5 Å². The summed E-state index contributed by atoms with van der Waals surface area (Å²) in [5.41, 5.74) is 9.13. The van der Waals surface area contributed by atoms with Gasteiger partial charge in [-0.25, -0.2) is 0 Å². The van der Waals surface area contributed by atoms with Crippen molar-refractivity contribution in [2.45, 2.75) is 19.1 Å². The molecule has 0 fully saturated rings. The second kappa shape index (κ2) is 7.02. The summed E-state index contributed by atoms with van der Waals surface area (Å²) in [5.74, 6) is -0.386. The fraction of sp³-hybridized carbons (Fsp3) is 0.136. The molecule has 3 aromatic carbocycles. The van der Waals surface area contributed by atoms with Crippen LogP contribution in [0.3, 0.4) is 0 Å². The quantitative estimate of drug-likeness (QED) is 0.539. The van der Waals surface area contributed by atoms with E-state index in [1.165, 1.54) is 0 Å². The minimum Gasteiger partial charge on any atom is -0.460 e. The molecule has 1 atom stereocenters. The van der Waals surface area contributed by atoms with E-state index in [9.17, 15) is 4.79 Å². The molecule has 0 bridgehead atoms. The molecule has 0 aliphatic heterocycles. The topological polar surface area (TPSA) is 68.1 Å². The van der Waals surface area contributed by atoms with Gasteiger partial charge in [0.1, 0.15) is 12.6 Å². The number of ether oxygens (including phenoxy) is 1. The summed E-state index contributed by atoms with van der Waals surface area (Å²) in [7, 11) is 0. The van der Waals surface area contributed by atoms with Gasteiger partial charge in [-0.15, -0.1) is 0 Å². The molecule has 1 heterocycles. The number of para-hydroxylation sites is 1. The summed E-state index contributed by atoms with van der Waals surface area (Å²) in [5, 5.41) is 3.31. The Balaban J connectivity index is 1.44. The Bertz CT molecular complexity index is 1060. The zero-order valence-electron chi connectivity index (χ0n) is 14.3. The van der Waals surface area contributed by atoms with Crippen LogP contribution in [0.5, 0.6) is 0 Å². The first-order valence-electron chi connectivity index (χ1n) is 8.66. The number of H-pyrrole nitrogens is 1. The number of carbonyl (C=O) groups excluding carboxylic acids is 1. The molecule has 26 heavy (non-hydrogen) atoms. The summed E-state index contributed by atoms with van der Waals surface area (Å²) in [6.07, 6.45) is 2.35. The molecule has 0 saturated carbocycles. The minimum atomic E-state index is -0.691. The number of rotatable bonds is 5. The summed E-state index contributed by atoms with van der Waals surface area (Å²) < 4.78 is 5.48. The van der Waals surface area contributed by atoms with Gasteiger partial charge in [0.05, 0.1) is 0 Å². The highest BCUT2D eigenvalue weighted by Crippen LogP contribution is 2.21. The van der Waals surface area contributed by atoms with Crippen LogP contribution in [0.15, 0.2) is 72.9 Å². The third-order valence-electron chi connectivity index (χ3n) is 4.67. The standard InChI is InChI=1S/C22H20N2O2/c23-20(12-17-13-24-21-11-4-3-10-19(17)21)22(25)26-14-16-8-5-7-15-6-1-2-9-18(15)16/h1-11,13,20,24H,12,14,23H2/t20-/m0/s1. The SMILES string of the molecule is N[C@@H](Cc1c[nH]c2ccccc12)C(=O)OCc1cccc2ccccc12. The van der Waals surface area contributed by atoms with Gasteiger partial charge in [0.15, 0.2) is 0 Å². The van der Waals surface area contributed by atoms with Crippen LogP contribution in [0.1, 0.15) is 11.1 Å². The van der Waals surface area contributed by atoms with Gasteiger partial charge in [-0.1, -0.05) is 60.7 Å². The van der Waals surface area contributed by atoms with Gasteiger partial charge in [-0.3, -0.25) is 4.79 Å². The zero-order chi connectivity index (χ0) is 17.9. The van der Waals surface area contributed by atoms with E-state index >= 15 is 0 Å². The van der Waals surface area contributed by atoms with Crippen molar-refractivity contribution < 1.29 is 9.53 Å². The molecule has 3 N–H and O–H groups in total. The number of benzene rings is 3. The van der Waals surface area contributed by atoms with Crippen LogP contribution >= 0.6 is 0 Å². The molecule has 0 saturated heterocycles. The Kier molecular flexibility index (Phi) is 4.42. The van der Waals surface area contributed by atoms with Crippen LogP contribution in [0.4, 0.5) is 0 Å². The molecule has 0 aliphatic rings. The number of nitrogens with two attached hydrogens (primary N) is 1. The van der Waals surface area contributed by atoms with Gasteiger partial charge in [-0.2, -0.15) is 0 Å². The van der Waals surface area contributed by atoms with Crippen molar-refractivity contribution in [1.82, 2.24) is 4.98 Å². The van der Waals surface area contributed by atoms with Gasteiger partial charge in [0.25, 0.3) is 0 Å². The van der Waals surface area contributed by atoms with Gasteiger partial charge in [-0.05, 0) is 28.0 Å². The van der Waals surface area contributed by atoms with E-state index in [-0.39, 0.29) is 12.6 Å². The lowest BCUT2D eigenvalue weighted by atomic mass is 10.0. The van der Waals surface area contributed by atoms with Crippen molar-refractivity contribution in [1.29, 1.82) is 0 Å². The largest absolute Gasteiger partial charge is 0.460 e. The molecule has 0 aliphatic carbocycles. The predicted octanol–water partition coefficient (Wildman–Crippen LogP) is 3.93. The summed E-state index contributed by atoms with van der Waals surface area (Å²) in [4.78, 5) is 15.6. The Morgan fingerprint density at radius 3 is 2.54 bits per heavy atom. The molecule has 0 unspecified atom stereocenters. The normalized spacial score (nSPS) is 12.3. The summed E-state index contributed by atoms with van der Waals surface area (Å²) in [6, 6.07) is 21.3. The van der Waals surface area contributed by atoms with Crippen LogP contribution in [0.25, 0.3) is 21.7 Å². The lowest BCUT2D eigenvalue weighted by molar-refractivity contribution is -0.146. The van der Waals surface area contributed by atoms with E-state index in [1.54, 1.807) is 0 Å². The first kappa shape index (κ1) is 16.4. The summed E-state index contributed by atoms with van der Waals surface area (Å²) in [6.45, 7) is 0.224. The maximum absolute atomic E-state index is 12.4. The lowest BCUT2D eigenvalue weighted by Gasteiger charge is -2.12. The third kappa shape index (κ3) is 3.19. The molecule has 0 amide bonds. The molecule has 130 valence electrons. The molecule has 4 aromatic rings. The highest BCUT2D eigenvalue weighted by Gasteiger charge is 2.18.